The third-order valence-electron chi connectivity index (χ3n) is 4.65. The van der Waals surface area contributed by atoms with Crippen LogP contribution in [0, 0.1) is 5.92 Å². The number of aliphatic hydroxyl groups excluding tert-OH is 1. The van der Waals surface area contributed by atoms with E-state index in [-0.39, 0.29) is 22.0 Å². The molecular weight excluding hydrogens is 348 g/mol. The molecule has 3 rings (SSSR count). The summed E-state index contributed by atoms with van der Waals surface area (Å²) in [5.41, 5.74) is 0.137. The van der Waals surface area contributed by atoms with E-state index in [0.717, 1.165) is 13.1 Å². The van der Waals surface area contributed by atoms with Gasteiger partial charge in [0.1, 0.15) is 12.6 Å². The number of carbonyl (C=O) groups is 2. The van der Waals surface area contributed by atoms with Gasteiger partial charge in [-0.25, -0.2) is 9.59 Å². The fourth-order valence-electron chi connectivity index (χ4n) is 3.48. The van der Waals surface area contributed by atoms with Gasteiger partial charge in [0.05, 0.1) is 23.5 Å². The molecule has 4 atom stereocenters. The summed E-state index contributed by atoms with van der Waals surface area (Å²) in [5, 5.41) is 31.4. The maximum atomic E-state index is 11.7. The van der Waals surface area contributed by atoms with Crippen molar-refractivity contribution in [3.63, 3.8) is 0 Å². The smallest absolute Gasteiger partial charge is 0.335 e. The number of aromatic nitrogens is 3. The number of aliphatic hydroxyl groups is 1. The molecule has 4 N–H and O–H groups in total. The van der Waals surface area contributed by atoms with Crippen molar-refractivity contribution in [2.75, 3.05) is 0 Å². The van der Waals surface area contributed by atoms with Crippen molar-refractivity contribution in [2.45, 2.75) is 49.6 Å². The van der Waals surface area contributed by atoms with Crippen LogP contribution in [0.2, 0.25) is 0 Å². The molecule has 1 fully saturated rings. The average Bonchev–Trinajstić information content (AvgIpc) is 3.15. The highest BCUT2D eigenvalue weighted by atomic mass is 32.2. The largest absolute Gasteiger partial charge is 0.480 e. The number of thioether (sulfide) groups is 1. The molecule has 0 amide bonds. The summed E-state index contributed by atoms with van der Waals surface area (Å²) in [6.07, 6.45) is 2.27. The topological polar surface area (TPSA) is 129 Å². The molecule has 0 bridgehead atoms. The van der Waals surface area contributed by atoms with Crippen molar-refractivity contribution in [1.29, 1.82) is 0 Å². The molecule has 0 radical (unpaired) electrons. The Morgan fingerprint density at radius 3 is 2.76 bits per heavy atom. The van der Waals surface area contributed by atoms with E-state index in [2.05, 4.69) is 10.3 Å². The minimum absolute atomic E-state index is 0.168. The first-order chi connectivity index (χ1) is 11.8. The summed E-state index contributed by atoms with van der Waals surface area (Å²) in [5.74, 6) is -2.59. The molecule has 25 heavy (non-hydrogen) atoms. The first-order valence-electron chi connectivity index (χ1n) is 7.99. The highest BCUT2D eigenvalue weighted by Crippen LogP contribution is 2.39. The summed E-state index contributed by atoms with van der Waals surface area (Å²) in [6, 6.07) is -0.897. The van der Waals surface area contributed by atoms with Gasteiger partial charge in [0.15, 0.2) is 0 Å². The molecule has 3 heterocycles. The number of carboxylic acid groups (broad SMARTS) is 2. The van der Waals surface area contributed by atoms with Crippen molar-refractivity contribution in [3.05, 3.63) is 23.9 Å². The van der Waals surface area contributed by atoms with Gasteiger partial charge in [-0.05, 0) is 11.9 Å². The Hall–Kier alpha value is -2.07. The number of hydrogen-bond acceptors (Lipinski definition) is 6. The van der Waals surface area contributed by atoms with Gasteiger partial charge in [-0.3, -0.25) is 0 Å². The number of aliphatic carboxylic acids is 2. The maximum absolute atomic E-state index is 11.7. The summed E-state index contributed by atoms with van der Waals surface area (Å²) in [7, 11) is 0. The van der Waals surface area contributed by atoms with Crippen LogP contribution in [0.3, 0.4) is 0 Å². The van der Waals surface area contributed by atoms with Gasteiger partial charge < -0.3 is 20.6 Å². The van der Waals surface area contributed by atoms with Crippen molar-refractivity contribution in [1.82, 2.24) is 15.0 Å². The predicted molar refractivity (Wildman–Crippen MR) is 87.7 cm³/mol. The first-order valence-corrected chi connectivity index (χ1v) is 8.94. The minimum atomic E-state index is -1.24. The summed E-state index contributed by atoms with van der Waals surface area (Å²) in [6.45, 7) is 4.62. The molecule has 9 nitrogen and oxygen atoms in total. The van der Waals surface area contributed by atoms with Crippen LogP contribution in [0.15, 0.2) is 23.9 Å². The molecule has 0 aliphatic carbocycles. The van der Waals surface area contributed by atoms with Gasteiger partial charge in [0, 0.05) is 16.9 Å². The zero-order chi connectivity index (χ0) is 18.3. The molecule has 2 aliphatic rings. The first kappa shape index (κ1) is 17.7. The van der Waals surface area contributed by atoms with Gasteiger partial charge >= 0.3 is 18.3 Å². The fraction of sp³-hybridized carbons (Fsp3) is 0.600. The Morgan fingerprint density at radius 2 is 2.20 bits per heavy atom. The summed E-state index contributed by atoms with van der Waals surface area (Å²) < 4.78 is 3.94. The molecule has 1 saturated heterocycles. The van der Waals surface area contributed by atoms with E-state index in [1.165, 1.54) is 6.92 Å². The number of fused-ring (bicyclic) bond motifs is 1. The van der Waals surface area contributed by atoms with Crippen LogP contribution in [0.5, 0.6) is 0 Å². The Kier molecular flexibility index (Phi) is 4.74. The lowest BCUT2D eigenvalue weighted by molar-refractivity contribution is -0.758. The molecule has 1 aromatic rings. The normalized spacial score (nSPS) is 31.3. The van der Waals surface area contributed by atoms with Crippen molar-refractivity contribution < 1.29 is 29.6 Å². The van der Waals surface area contributed by atoms with E-state index in [9.17, 15) is 24.9 Å². The number of hydrogen-bond donors (Lipinski definition) is 4. The maximum Gasteiger partial charge on any atom is 0.335 e. The molecule has 1 aromatic heterocycles. The van der Waals surface area contributed by atoms with E-state index in [4.69, 9.17) is 0 Å². The standard InChI is InChI=1S/C15H20N4O5S/c1-7-11(10(8(2)20)14(21)22)17-12(15(23)24)13(7)25-9-3-18-5-16-6-19(18)4-9/h5-9,12-13,17,20H,3-4H2,1-2H3,(H-,21,22,23,24)/p+1/b11-10-/t7-,8-,12?,13?/m1/s1. The van der Waals surface area contributed by atoms with Gasteiger partial charge in [0.2, 0.25) is 6.33 Å². The molecule has 0 spiro atoms. The summed E-state index contributed by atoms with van der Waals surface area (Å²) in [4.78, 5) is 27.2. The third-order valence-corrected chi connectivity index (χ3v) is 6.33. The Balaban J connectivity index is 1.84. The monoisotopic (exact) mass is 369 g/mol. The number of allylic oxidation sites excluding steroid dienone is 1. The van der Waals surface area contributed by atoms with E-state index in [1.807, 2.05) is 9.36 Å². The molecule has 2 unspecified atom stereocenters. The molecule has 0 aromatic carbocycles. The number of rotatable bonds is 5. The van der Waals surface area contributed by atoms with Crippen LogP contribution in [0.25, 0.3) is 0 Å². The van der Waals surface area contributed by atoms with E-state index < -0.39 is 24.1 Å². The van der Waals surface area contributed by atoms with Crippen LogP contribution < -0.4 is 10.00 Å². The fourth-order valence-corrected chi connectivity index (χ4v) is 5.11. The SMILES string of the molecule is C[C@@H]1/C(=C(/C(=O)O)[C@@H](C)O)NC(C(=O)O)C1SC1Cn2cnc[n+]2C1. The van der Waals surface area contributed by atoms with Crippen molar-refractivity contribution >= 4 is 23.7 Å². The Bertz CT molecular complexity index is 711. The minimum Gasteiger partial charge on any atom is -0.480 e. The lowest BCUT2D eigenvalue weighted by Gasteiger charge is -2.20. The lowest BCUT2D eigenvalue weighted by Crippen LogP contribution is -2.39. The lowest BCUT2D eigenvalue weighted by atomic mass is 9.98. The van der Waals surface area contributed by atoms with Gasteiger partial charge in [-0.2, -0.15) is 9.36 Å². The van der Waals surface area contributed by atoms with Crippen LogP contribution in [-0.4, -0.2) is 59.6 Å². The zero-order valence-electron chi connectivity index (χ0n) is 13.9. The van der Waals surface area contributed by atoms with Gasteiger partial charge in [0.25, 0.3) is 0 Å². The number of nitrogens with one attached hydrogen (secondary N) is 1. The van der Waals surface area contributed by atoms with Crippen LogP contribution in [0.1, 0.15) is 13.8 Å². The molecule has 2 aliphatic heterocycles. The second kappa shape index (κ2) is 6.68. The Labute approximate surface area is 148 Å². The van der Waals surface area contributed by atoms with Crippen LogP contribution >= 0.6 is 11.8 Å². The second-order valence-corrected chi connectivity index (χ2v) is 7.89. The van der Waals surface area contributed by atoms with E-state index in [0.29, 0.717) is 5.70 Å². The summed E-state index contributed by atoms with van der Waals surface area (Å²) >= 11 is 1.54. The number of carboxylic acids is 2. The third kappa shape index (κ3) is 3.23. The van der Waals surface area contributed by atoms with Crippen molar-refractivity contribution in [3.8, 4) is 0 Å². The quantitative estimate of drug-likeness (QED) is 0.387. The highest BCUT2D eigenvalue weighted by Gasteiger charge is 2.46. The van der Waals surface area contributed by atoms with E-state index >= 15 is 0 Å². The Morgan fingerprint density at radius 1 is 1.48 bits per heavy atom. The molecule has 0 saturated carbocycles. The van der Waals surface area contributed by atoms with Crippen LogP contribution in [-0.2, 0) is 22.7 Å². The van der Waals surface area contributed by atoms with Crippen LogP contribution in [0.4, 0.5) is 0 Å². The number of nitrogens with zero attached hydrogens (tertiary/aromatic N) is 3. The van der Waals surface area contributed by atoms with E-state index in [1.54, 1.807) is 31.3 Å². The predicted octanol–water partition coefficient (Wildman–Crippen LogP) is -0.933. The second-order valence-electron chi connectivity index (χ2n) is 6.40. The highest BCUT2D eigenvalue weighted by molar-refractivity contribution is 8.00. The van der Waals surface area contributed by atoms with Crippen molar-refractivity contribution in [2.24, 2.45) is 5.92 Å². The van der Waals surface area contributed by atoms with Gasteiger partial charge in [-0.1, -0.05) is 6.92 Å². The average molecular weight is 369 g/mol. The molecule has 136 valence electrons. The zero-order valence-corrected chi connectivity index (χ0v) is 14.7. The molecular formula is C15H21N4O5S+. The van der Waals surface area contributed by atoms with Gasteiger partial charge in [-0.15, -0.1) is 11.8 Å². The molecule has 10 heteroatoms.